The minimum atomic E-state index is -0.475. The molecule has 2 aliphatic rings. The van der Waals surface area contributed by atoms with Crippen molar-refractivity contribution in [2.75, 3.05) is 17.7 Å². The summed E-state index contributed by atoms with van der Waals surface area (Å²) in [5, 5.41) is 26.4. The second kappa shape index (κ2) is 6.93. The molecule has 0 fully saturated rings. The number of anilines is 2. The molecule has 29 heavy (non-hydrogen) atoms. The molecular weight excluding hydrogens is 392 g/mol. The fraction of sp³-hybridized carbons (Fsp3) is 0.250. The summed E-state index contributed by atoms with van der Waals surface area (Å²) in [5.74, 6) is 1.42. The van der Waals surface area contributed by atoms with Crippen molar-refractivity contribution in [2.24, 2.45) is 0 Å². The molecule has 0 bridgehead atoms. The number of hydrogen-bond acceptors (Lipinski definition) is 9. The molecule has 0 amide bonds. The average Bonchev–Trinajstić information content (AvgIpc) is 3.37. The van der Waals surface area contributed by atoms with E-state index in [0.717, 1.165) is 11.3 Å². The van der Waals surface area contributed by atoms with Crippen molar-refractivity contribution in [3.8, 4) is 11.5 Å². The van der Waals surface area contributed by atoms with Gasteiger partial charge in [0.25, 0.3) is 0 Å². The number of allylic oxidation sites excluding steroid dienone is 1. The zero-order chi connectivity index (χ0) is 20.0. The van der Waals surface area contributed by atoms with E-state index in [0.29, 0.717) is 35.8 Å². The number of benzene rings is 1. The predicted octanol–water partition coefficient (Wildman–Crippen LogP) is 3.82. The quantitative estimate of drug-likeness (QED) is 0.598. The number of thiophene rings is 1. The highest BCUT2D eigenvalue weighted by molar-refractivity contribution is 7.10. The fourth-order valence-corrected chi connectivity index (χ4v) is 4.78. The van der Waals surface area contributed by atoms with E-state index in [-0.39, 0.29) is 17.5 Å². The Balaban J connectivity index is 1.62. The van der Waals surface area contributed by atoms with E-state index in [2.05, 4.69) is 27.0 Å². The smallest absolute Gasteiger partial charge is 0.219 e. The number of aromatic nitrogens is 2. The highest BCUT2D eigenvalue weighted by Gasteiger charge is 2.37. The van der Waals surface area contributed by atoms with Gasteiger partial charge in [0.1, 0.15) is 0 Å². The van der Waals surface area contributed by atoms with Crippen LogP contribution in [0.25, 0.3) is 0 Å². The van der Waals surface area contributed by atoms with E-state index in [1.165, 1.54) is 12.0 Å². The van der Waals surface area contributed by atoms with Crippen LogP contribution in [-0.4, -0.2) is 28.3 Å². The molecule has 0 radical (unpaired) electrons. The molecule has 1 aliphatic heterocycles. The number of methoxy groups -OCH3 is 1. The number of carbonyl (C=O) groups excluding carboxylic acids is 1. The molecule has 5 rings (SSSR count). The Labute approximate surface area is 170 Å². The van der Waals surface area contributed by atoms with Crippen LogP contribution >= 0.6 is 11.3 Å². The summed E-state index contributed by atoms with van der Waals surface area (Å²) in [6.07, 6.45) is 1.12. The van der Waals surface area contributed by atoms with Gasteiger partial charge in [-0.3, -0.25) is 4.79 Å². The van der Waals surface area contributed by atoms with Crippen LogP contribution < -0.4 is 15.4 Å². The van der Waals surface area contributed by atoms with E-state index < -0.39 is 6.04 Å². The minimum Gasteiger partial charge on any atom is -0.504 e. The van der Waals surface area contributed by atoms with Gasteiger partial charge in [0, 0.05) is 28.5 Å². The molecule has 8 nitrogen and oxygen atoms in total. The summed E-state index contributed by atoms with van der Waals surface area (Å²) >= 11 is 1.66. The molecule has 9 heteroatoms. The van der Waals surface area contributed by atoms with Gasteiger partial charge in [-0.25, -0.2) is 4.63 Å². The van der Waals surface area contributed by atoms with Crippen LogP contribution in [-0.2, 0) is 4.79 Å². The summed E-state index contributed by atoms with van der Waals surface area (Å²) in [6.45, 7) is 0. The standard InChI is InChI=1S/C20H18N4O4S/c1-27-15-9-10(4-5-13(15)25)18-17-12(21-19-20(22-18)24-28-23-19)7-11(8-14(17)26)16-3-2-6-29-16/h2-6,9,11,18,25H,7-8H2,1H3,(H,21,23)(H,22,24). The Kier molecular flexibility index (Phi) is 4.24. The Bertz CT molecular complexity index is 1110. The first-order chi connectivity index (χ1) is 14.1. The Hall–Kier alpha value is -3.33. The van der Waals surface area contributed by atoms with Gasteiger partial charge in [0.2, 0.25) is 11.6 Å². The molecular formula is C20H18N4O4S. The van der Waals surface area contributed by atoms with Crippen LogP contribution in [0, 0.1) is 0 Å². The molecule has 1 aromatic carbocycles. The Morgan fingerprint density at radius 1 is 1.24 bits per heavy atom. The second-order valence-corrected chi connectivity index (χ2v) is 8.01. The lowest BCUT2D eigenvalue weighted by Crippen LogP contribution is -2.26. The third kappa shape index (κ3) is 3.03. The Morgan fingerprint density at radius 2 is 2.10 bits per heavy atom. The van der Waals surface area contributed by atoms with Crippen LogP contribution in [0.5, 0.6) is 11.5 Å². The summed E-state index contributed by atoms with van der Waals surface area (Å²) in [5.41, 5.74) is 2.22. The number of phenols is 1. The van der Waals surface area contributed by atoms with Gasteiger partial charge in [-0.1, -0.05) is 12.1 Å². The van der Waals surface area contributed by atoms with Crippen molar-refractivity contribution in [3.05, 3.63) is 57.4 Å². The minimum absolute atomic E-state index is 0.0359. The Morgan fingerprint density at radius 3 is 2.90 bits per heavy atom. The lowest BCUT2D eigenvalue weighted by atomic mass is 9.81. The highest BCUT2D eigenvalue weighted by atomic mass is 32.1. The van der Waals surface area contributed by atoms with Crippen LogP contribution in [0.1, 0.15) is 35.2 Å². The van der Waals surface area contributed by atoms with Crippen molar-refractivity contribution in [3.63, 3.8) is 0 Å². The summed E-state index contributed by atoms with van der Waals surface area (Å²) in [6, 6.07) is 8.62. The van der Waals surface area contributed by atoms with E-state index in [9.17, 15) is 9.90 Å². The van der Waals surface area contributed by atoms with E-state index in [4.69, 9.17) is 9.37 Å². The number of phenolic OH excluding ortho intramolecular Hbond substituents is 1. The number of rotatable bonds is 3. The predicted molar refractivity (Wildman–Crippen MR) is 107 cm³/mol. The van der Waals surface area contributed by atoms with Gasteiger partial charge >= 0.3 is 0 Å². The molecule has 1 aliphatic carbocycles. The van der Waals surface area contributed by atoms with Crippen molar-refractivity contribution >= 4 is 28.8 Å². The zero-order valence-electron chi connectivity index (χ0n) is 15.5. The molecule has 2 atom stereocenters. The van der Waals surface area contributed by atoms with Gasteiger partial charge < -0.3 is 20.5 Å². The zero-order valence-corrected chi connectivity index (χ0v) is 16.3. The molecule has 148 valence electrons. The molecule has 3 heterocycles. The lowest BCUT2D eigenvalue weighted by Gasteiger charge is -2.29. The molecule has 3 N–H and O–H groups in total. The van der Waals surface area contributed by atoms with Gasteiger partial charge in [0.05, 0.1) is 13.2 Å². The number of nitrogens with one attached hydrogen (secondary N) is 2. The van der Waals surface area contributed by atoms with Gasteiger partial charge in [-0.05, 0) is 45.9 Å². The number of ether oxygens (including phenoxy) is 1. The number of Topliss-reactive ketones (excluding diaryl/α,β-unsaturated/α-hetero) is 1. The van der Waals surface area contributed by atoms with Crippen LogP contribution in [0.4, 0.5) is 11.6 Å². The van der Waals surface area contributed by atoms with Gasteiger partial charge in [-0.2, -0.15) is 0 Å². The maximum Gasteiger partial charge on any atom is 0.219 e. The first-order valence-electron chi connectivity index (χ1n) is 9.16. The van der Waals surface area contributed by atoms with E-state index in [1.54, 1.807) is 29.5 Å². The van der Waals surface area contributed by atoms with Gasteiger partial charge in [-0.15, -0.1) is 11.3 Å². The summed E-state index contributed by atoms with van der Waals surface area (Å²) in [7, 11) is 1.49. The molecule has 2 aromatic heterocycles. The summed E-state index contributed by atoms with van der Waals surface area (Å²) < 4.78 is 10.1. The monoisotopic (exact) mass is 410 g/mol. The molecule has 0 spiro atoms. The number of nitrogens with zero attached hydrogens (tertiary/aromatic N) is 2. The van der Waals surface area contributed by atoms with Crippen molar-refractivity contribution in [1.82, 2.24) is 10.3 Å². The fourth-order valence-electron chi connectivity index (χ4n) is 3.95. The first-order valence-corrected chi connectivity index (χ1v) is 10.0. The number of carbonyl (C=O) groups is 1. The topological polar surface area (TPSA) is 110 Å². The van der Waals surface area contributed by atoms with Crippen molar-refractivity contribution in [2.45, 2.75) is 24.8 Å². The number of hydrogen-bond donors (Lipinski definition) is 3. The number of fused-ring (bicyclic) bond motifs is 1. The molecule has 3 aromatic rings. The van der Waals surface area contributed by atoms with Crippen LogP contribution in [0.3, 0.4) is 0 Å². The van der Waals surface area contributed by atoms with Crippen molar-refractivity contribution in [1.29, 1.82) is 0 Å². The molecule has 2 unspecified atom stereocenters. The third-order valence-electron chi connectivity index (χ3n) is 5.32. The highest BCUT2D eigenvalue weighted by Crippen LogP contribution is 2.45. The second-order valence-electron chi connectivity index (χ2n) is 7.03. The average molecular weight is 410 g/mol. The van der Waals surface area contributed by atoms with Crippen molar-refractivity contribution < 1.29 is 19.3 Å². The normalized spacial score (nSPS) is 20.9. The van der Waals surface area contributed by atoms with Crippen LogP contribution in [0.15, 0.2) is 51.6 Å². The maximum atomic E-state index is 13.3. The largest absolute Gasteiger partial charge is 0.504 e. The molecule has 0 saturated heterocycles. The SMILES string of the molecule is COc1cc(C2Nc3nonc3NC3=C2C(=O)CC(c2cccs2)C3)ccc1O. The maximum absolute atomic E-state index is 13.3. The summed E-state index contributed by atoms with van der Waals surface area (Å²) in [4.78, 5) is 14.5. The molecule has 0 saturated carbocycles. The first kappa shape index (κ1) is 17.7. The third-order valence-corrected chi connectivity index (χ3v) is 6.35. The number of aromatic hydroxyl groups is 1. The van der Waals surface area contributed by atoms with E-state index >= 15 is 0 Å². The number of ketones is 1. The lowest BCUT2D eigenvalue weighted by molar-refractivity contribution is -0.116. The van der Waals surface area contributed by atoms with E-state index in [1.807, 2.05) is 11.4 Å². The van der Waals surface area contributed by atoms with Gasteiger partial charge in [0.15, 0.2) is 17.3 Å². The van der Waals surface area contributed by atoms with Crippen LogP contribution in [0.2, 0.25) is 0 Å².